The fourth-order valence-electron chi connectivity index (χ4n) is 8.98. The zero-order chi connectivity index (χ0) is 65.7. The Bertz CT molecular complexity index is 3090. The zero-order valence-electron chi connectivity index (χ0n) is 47.4. The first kappa shape index (κ1) is 70.4. The zero-order valence-corrected chi connectivity index (χ0v) is 49.0. The van der Waals surface area contributed by atoms with Gasteiger partial charge in [0, 0.05) is 42.8 Å². The molecule has 19 atom stereocenters. The van der Waals surface area contributed by atoms with E-state index in [1.807, 2.05) is 0 Å². The van der Waals surface area contributed by atoms with Crippen LogP contribution < -0.4 is 55.3 Å². The first-order valence-corrected chi connectivity index (χ1v) is 28.7. The molecule has 0 aromatic carbocycles. The van der Waals surface area contributed by atoms with Gasteiger partial charge in [0.15, 0.2) is 18.7 Å². The number of H-pyrrole nitrogens is 1. The van der Waals surface area contributed by atoms with Crippen LogP contribution in [-0.4, -0.2) is 247 Å². The molecule has 19 unspecified atom stereocenters. The highest BCUT2D eigenvalue weighted by atomic mass is 32.1. The highest BCUT2D eigenvalue weighted by Crippen LogP contribution is 2.34. The summed E-state index contributed by atoms with van der Waals surface area (Å²) in [6.45, 7) is 1.14. The first-order valence-electron chi connectivity index (χ1n) is 26.9. The average Bonchev–Trinajstić information content (AvgIpc) is 1.70. The lowest BCUT2D eigenvalue weighted by Crippen LogP contribution is -2.65. The second-order valence-corrected chi connectivity index (χ2v) is 22.2. The summed E-state index contributed by atoms with van der Waals surface area (Å²) >= 11 is 2.40. The summed E-state index contributed by atoms with van der Waals surface area (Å²) in [6.07, 6.45) is -25.3. The smallest absolute Gasteiger partial charge is 0.404 e. The summed E-state index contributed by atoms with van der Waals surface area (Å²) in [4.78, 5) is 128. The van der Waals surface area contributed by atoms with Crippen LogP contribution in [0, 0.1) is 5.92 Å². The number of nitrogens with two attached hydrogens (primary N) is 5. The molecular weight excluding hydrogens is 1230 g/mol. The van der Waals surface area contributed by atoms with E-state index in [0.29, 0.717) is 15.7 Å². The van der Waals surface area contributed by atoms with Crippen LogP contribution in [0.5, 0.6) is 0 Å². The van der Waals surface area contributed by atoms with E-state index < -0.39 is 207 Å². The molecule has 25 N–H and O–H groups in total. The number of primary amides is 3. The number of nitrogen functional groups attached to an aromatic ring is 1. The molecule has 2 fully saturated rings. The van der Waals surface area contributed by atoms with Crippen molar-refractivity contribution in [3.63, 3.8) is 0 Å². The van der Waals surface area contributed by atoms with Crippen LogP contribution in [-0.2, 0) is 54.1 Å². The Balaban J connectivity index is 1.29. The van der Waals surface area contributed by atoms with Crippen molar-refractivity contribution in [3.8, 4) is 10.7 Å². The molecule has 0 radical (unpaired) electrons. The molecule has 2 aliphatic heterocycles. The minimum absolute atomic E-state index is 0.0203. The Labute approximate surface area is 511 Å². The molecule has 0 bridgehead atoms. The molecular formula is C49H70N16O22S2. The largest absolute Gasteiger partial charge is 0.480 e. The number of ether oxygens (including phenoxy) is 5. The van der Waals surface area contributed by atoms with E-state index in [9.17, 15) is 79.5 Å². The number of carbonyl (C=O) groups excluding carboxylic acids is 7. The van der Waals surface area contributed by atoms with Crippen molar-refractivity contribution in [1.29, 1.82) is 0 Å². The molecule has 38 nitrogen and oxygen atoms in total. The topological polar surface area (TPSA) is 635 Å². The van der Waals surface area contributed by atoms with Gasteiger partial charge in [0.1, 0.15) is 101 Å². The van der Waals surface area contributed by atoms with E-state index in [0.717, 1.165) is 29.9 Å². The van der Waals surface area contributed by atoms with Crippen molar-refractivity contribution < 1.29 is 108 Å². The van der Waals surface area contributed by atoms with Crippen LogP contribution in [0.2, 0.25) is 0 Å². The Morgan fingerprint density at radius 1 is 0.787 bits per heavy atom. The number of aromatic amines is 1. The van der Waals surface area contributed by atoms with Gasteiger partial charge in [-0.15, -0.1) is 22.7 Å². The molecule has 4 aromatic heterocycles. The van der Waals surface area contributed by atoms with Gasteiger partial charge in [-0.05, 0) is 13.8 Å². The molecule has 40 heteroatoms. The summed E-state index contributed by atoms with van der Waals surface area (Å²) < 4.78 is 28.5. The number of hydrogen-bond donors (Lipinski definition) is 20. The van der Waals surface area contributed by atoms with E-state index in [2.05, 4.69) is 56.5 Å². The maximum Gasteiger partial charge on any atom is 0.404 e. The number of amides is 7. The molecule has 6 rings (SSSR count). The monoisotopic (exact) mass is 1300 g/mol. The second kappa shape index (κ2) is 31.7. The number of aromatic nitrogens is 6. The number of rotatable bonds is 31. The van der Waals surface area contributed by atoms with Crippen LogP contribution in [0.25, 0.3) is 10.7 Å². The minimum Gasteiger partial charge on any atom is -0.480 e. The number of aliphatic hydroxyl groups excluding tert-OH is 8. The van der Waals surface area contributed by atoms with Gasteiger partial charge in [0.25, 0.3) is 11.8 Å². The standard InChI is InChI=1S/C49H70N16O22S2/c1-15(41(76)64-29(17(3)68)43(78)56-5-4-28-60-23(13-88-28)45-62-22(12-89-45)39(53)75)31(70)16(2)59-44(79)30(65-42(77)20-6-26(51)63-40(61-20)19(7-27(52)69)57-8-18(50)46(80)81)36(21-9-55-14-58-21)85-48-38(34(73)32(71)24(10-66)84-48)86-47-35(74)37(87-49(54)82)33(72)25(11-67)83-47/h6,9,12-19,24-25,29-38,47-48,57,66-68,70-74H,4-5,7-8,10-11,50H2,1-3H3,(H2,52,69)(H2,53,75)(H2,54,82)(H,55,58)(H,56,78)(H,59,79)(H,64,76)(H,65,77)(H,80,81)(H2,51,61,63). The molecule has 6 heterocycles. The van der Waals surface area contributed by atoms with Crippen molar-refractivity contribution in [1.82, 2.24) is 56.5 Å². The molecule has 0 saturated carbocycles. The van der Waals surface area contributed by atoms with Crippen LogP contribution in [0.4, 0.5) is 10.6 Å². The normalized spacial score (nSPS) is 24.9. The summed E-state index contributed by atoms with van der Waals surface area (Å²) in [5.41, 5.74) is 27.4. The maximum absolute atomic E-state index is 15.0. The second-order valence-electron chi connectivity index (χ2n) is 20.4. The predicted octanol–water partition coefficient (Wildman–Crippen LogP) is -8.31. The van der Waals surface area contributed by atoms with Gasteiger partial charge >= 0.3 is 12.1 Å². The van der Waals surface area contributed by atoms with Gasteiger partial charge in [-0.25, -0.2) is 29.7 Å². The molecule has 2 saturated heterocycles. The lowest BCUT2D eigenvalue weighted by molar-refractivity contribution is -0.372. The number of aliphatic carboxylic acids is 1. The van der Waals surface area contributed by atoms with Crippen LogP contribution >= 0.6 is 22.7 Å². The van der Waals surface area contributed by atoms with E-state index in [4.69, 9.17) is 52.4 Å². The van der Waals surface area contributed by atoms with E-state index >= 15 is 4.79 Å². The van der Waals surface area contributed by atoms with E-state index in [1.165, 1.54) is 37.5 Å². The minimum atomic E-state index is -2.20. The molecule has 490 valence electrons. The lowest BCUT2D eigenvalue weighted by atomic mass is 9.96. The predicted molar refractivity (Wildman–Crippen MR) is 300 cm³/mol. The number of nitrogens with zero attached hydrogens (tertiary/aromatic N) is 5. The Hall–Kier alpha value is -7.65. The highest BCUT2D eigenvalue weighted by molar-refractivity contribution is 7.14. The summed E-state index contributed by atoms with van der Waals surface area (Å²) in [5.74, 6) is -9.85. The number of hydrogen-bond acceptors (Lipinski definition) is 31. The van der Waals surface area contributed by atoms with Gasteiger partial charge < -0.3 is 130 Å². The summed E-state index contributed by atoms with van der Waals surface area (Å²) in [7, 11) is 0. The van der Waals surface area contributed by atoms with Crippen LogP contribution in [0.1, 0.15) is 76.8 Å². The number of carbonyl (C=O) groups is 8. The van der Waals surface area contributed by atoms with Gasteiger partial charge in [-0.3, -0.25) is 33.6 Å². The Morgan fingerprint density at radius 3 is 2.08 bits per heavy atom. The summed E-state index contributed by atoms with van der Waals surface area (Å²) in [5, 5.41) is 114. The third-order valence-electron chi connectivity index (χ3n) is 13.8. The van der Waals surface area contributed by atoms with Gasteiger partial charge in [0.2, 0.25) is 23.6 Å². The Morgan fingerprint density at radius 2 is 1.47 bits per heavy atom. The van der Waals surface area contributed by atoms with Crippen LogP contribution in [0.15, 0.2) is 29.4 Å². The van der Waals surface area contributed by atoms with Gasteiger partial charge in [-0.2, -0.15) is 0 Å². The third kappa shape index (κ3) is 18.3. The first-order chi connectivity index (χ1) is 42.0. The van der Waals surface area contributed by atoms with Crippen molar-refractivity contribution in [2.75, 3.05) is 32.0 Å². The van der Waals surface area contributed by atoms with Crippen molar-refractivity contribution in [3.05, 3.63) is 57.3 Å². The molecule has 7 amide bonds. The van der Waals surface area contributed by atoms with Crippen molar-refractivity contribution >= 4 is 76.0 Å². The Kier molecular flexibility index (Phi) is 25.1. The number of thiazole rings is 2. The quantitative estimate of drug-likeness (QED) is 0.0222. The molecule has 0 aliphatic carbocycles. The molecule has 0 spiro atoms. The molecule has 2 aliphatic rings. The van der Waals surface area contributed by atoms with Crippen molar-refractivity contribution in [2.24, 2.45) is 28.9 Å². The lowest BCUT2D eigenvalue weighted by Gasteiger charge is -2.47. The van der Waals surface area contributed by atoms with Gasteiger partial charge in [0.05, 0.1) is 66.6 Å². The van der Waals surface area contributed by atoms with Gasteiger partial charge in [-0.1, -0.05) is 6.92 Å². The molecule has 4 aromatic rings. The maximum atomic E-state index is 15.0. The third-order valence-corrected chi connectivity index (χ3v) is 15.6. The fraction of sp³-hybridized carbons (Fsp3) is 0.571. The molecule has 89 heavy (non-hydrogen) atoms. The fourth-order valence-corrected chi connectivity index (χ4v) is 10.6. The average molecular weight is 1300 g/mol. The number of carboxylic acid groups (broad SMARTS) is 1. The number of carboxylic acids is 1. The number of anilines is 1. The van der Waals surface area contributed by atoms with Crippen LogP contribution in [0.3, 0.4) is 0 Å². The van der Waals surface area contributed by atoms with Crippen molar-refractivity contribution in [2.45, 2.75) is 144 Å². The van der Waals surface area contributed by atoms with E-state index in [-0.39, 0.29) is 24.4 Å². The summed E-state index contributed by atoms with van der Waals surface area (Å²) in [6, 6.07) is -7.22. The number of nitrogens with one attached hydrogen (secondary N) is 6. The van der Waals surface area contributed by atoms with E-state index in [1.54, 1.807) is 5.38 Å². The SMILES string of the molecule is CC(O)C(NC(=O)C(C)C(O)C(C)NC(=O)C(NC(=O)c1cc(N)nc(C(CC(N)=O)NCC(N)C(=O)O)n1)C(OC1OC(CO)C(O)C(O)C1OC1OC(CO)C(O)C(OC(N)=O)C1O)c1cnc[nH]1)C(=O)NCCc1nc(-c2nc(C(N)=O)cs2)cs1. The number of aliphatic hydroxyl groups is 8. The highest BCUT2D eigenvalue weighted by Gasteiger charge is 2.54. The number of imidazole rings is 1.